The Labute approximate surface area is 153 Å². The summed E-state index contributed by atoms with van der Waals surface area (Å²) in [5, 5.41) is 3.28. The van der Waals surface area contributed by atoms with Crippen LogP contribution in [0.2, 0.25) is 0 Å². The van der Waals surface area contributed by atoms with Crippen molar-refractivity contribution in [2.75, 3.05) is 45.9 Å². The van der Waals surface area contributed by atoms with E-state index in [4.69, 9.17) is 10.5 Å². The van der Waals surface area contributed by atoms with Crippen LogP contribution in [0.1, 0.15) is 52.9 Å². The van der Waals surface area contributed by atoms with Gasteiger partial charge in [-0.1, -0.05) is 13.8 Å². The van der Waals surface area contributed by atoms with Crippen LogP contribution in [-0.4, -0.2) is 73.8 Å². The lowest BCUT2D eigenvalue weighted by Gasteiger charge is -2.31. The first-order valence-corrected chi connectivity index (χ1v) is 9.81. The fourth-order valence-corrected chi connectivity index (χ4v) is 3.14. The Morgan fingerprint density at radius 1 is 1.20 bits per heavy atom. The molecule has 1 aliphatic heterocycles. The average Bonchev–Trinajstić information content (AvgIpc) is 2.60. The molecule has 7 nitrogen and oxygen atoms in total. The first kappa shape index (κ1) is 21.5. The summed E-state index contributed by atoms with van der Waals surface area (Å²) in [7, 11) is 0. The van der Waals surface area contributed by atoms with Crippen LogP contribution in [0, 0.1) is 0 Å². The third-order valence-electron chi connectivity index (χ3n) is 4.37. The number of carbonyl (C=O) groups excluding carboxylic acids is 1. The van der Waals surface area contributed by atoms with Crippen molar-refractivity contribution < 1.29 is 9.53 Å². The molecule has 1 saturated heterocycles. The molecule has 1 amide bonds. The van der Waals surface area contributed by atoms with Crippen LogP contribution >= 0.6 is 0 Å². The summed E-state index contributed by atoms with van der Waals surface area (Å²) in [6, 6.07) is 0.283. The highest BCUT2D eigenvalue weighted by molar-refractivity contribution is 5.78. The molecule has 25 heavy (non-hydrogen) atoms. The first-order valence-electron chi connectivity index (χ1n) is 9.81. The van der Waals surface area contributed by atoms with Crippen molar-refractivity contribution in [3.63, 3.8) is 0 Å². The Kier molecular flexibility index (Phi) is 11.0. The van der Waals surface area contributed by atoms with Gasteiger partial charge in [0.2, 0.25) is 0 Å². The van der Waals surface area contributed by atoms with Gasteiger partial charge in [0.05, 0.1) is 6.61 Å². The number of hydrogen-bond donors (Lipinski definition) is 2. The first-order chi connectivity index (χ1) is 12.1. The van der Waals surface area contributed by atoms with Crippen molar-refractivity contribution in [1.29, 1.82) is 0 Å². The number of aliphatic imine (C=N–C) groups is 1. The van der Waals surface area contributed by atoms with Gasteiger partial charge in [-0.05, 0) is 58.7 Å². The molecule has 0 aromatic heterocycles. The third-order valence-corrected chi connectivity index (χ3v) is 4.37. The van der Waals surface area contributed by atoms with E-state index in [1.54, 1.807) is 4.90 Å². The highest BCUT2D eigenvalue weighted by atomic mass is 16.6. The minimum absolute atomic E-state index is 0.216. The Bertz CT molecular complexity index is 389. The number of amides is 1. The average molecular weight is 356 g/mol. The Hall–Kier alpha value is -1.50. The Balaban J connectivity index is 2.22. The molecular weight excluding hydrogens is 318 g/mol. The minimum atomic E-state index is -0.216. The van der Waals surface area contributed by atoms with Gasteiger partial charge in [-0.3, -0.25) is 4.99 Å². The lowest BCUT2D eigenvalue weighted by atomic mass is 10.1. The van der Waals surface area contributed by atoms with E-state index in [1.807, 2.05) is 6.92 Å². The van der Waals surface area contributed by atoms with Crippen LogP contribution in [0.15, 0.2) is 4.99 Å². The second-order valence-corrected chi connectivity index (χ2v) is 6.57. The number of guanidine groups is 1. The molecule has 0 aromatic carbocycles. The monoisotopic (exact) mass is 355 g/mol. The molecule has 0 radical (unpaired) electrons. The second kappa shape index (κ2) is 12.8. The van der Waals surface area contributed by atoms with Crippen LogP contribution in [-0.2, 0) is 4.74 Å². The molecule has 0 spiro atoms. The maximum atomic E-state index is 11.7. The predicted octanol–water partition coefficient (Wildman–Crippen LogP) is 2.02. The van der Waals surface area contributed by atoms with Crippen molar-refractivity contribution in [1.82, 2.24) is 15.1 Å². The van der Waals surface area contributed by atoms with E-state index in [0.717, 1.165) is 45.4 Å². The van der Waals surface area contributed by atoms with Gasteiger partial charge in [0.25, 0.3) is 0 Å². The van der Waals surface area contributed by atoms with Crippen molar-refractivity contribution in [3.05, 3.63) is 0 Å². The number of likely N-dealkylation sites (tertiary alicyclic amines) is 1. The standard InChI is InChI=1S/C18H37N5O2/c1-4-11-22(12-5-2)13-7-10-20-17(19)21-16-8-14-23(15-9-16)18(24)25-6-3/h16H,4-15H2,1-3H3,(H3,19,20,21). The zero-order valence-electron chi connectivity index (χ0n) is 16.3. The zero-order valence-corrected chi connectivity index (χ0v) is 16.3. The van der Waals surface area contributed by atoms with Gasteiger partial charge in [-0.15, -0.1) is 0 Å². The molecule has 1 rings (SSSR count). The molecule has 7 heteroatoms. The van der Waals surface area contributed by atoms with Crippen LogP contribution in [0.4, 0.5) is 4.79 Å². The number of piperidine rings is 1. The molecular formula is C18H37N5O2. The number of ether oxygens (including phenoxy) is 1. The van der Waals surface area contributed by atoms with E-state index in [9.17, 15) is 4.79 Å². The van der Waals surface area contributed by atoms with E-state index in [1.165, 1.54) is 12.8 Å². The molecule has 0 aliphatic carbocycles. The number of nitrogens with two attached hydrogens (primary N) is 1. The number of carbonyl (C=O) groups is 1. The maximum absolute atomic E-state index is 11.7. The quantitative estimate of drug-likeness (QED) is 0.356. The molecule has 1 aliphatic rings. The highest BCUT2D eigenvalue weighted by Crippen LogP contribution is 2.11. The highest BCUT2D eigenvalue weighted by Gasteiger charge is 2.23. The van der Waals surface area contributed by atoms with E-state index in [0.29, 0.717) is 25.7 Å². The number of rotatable bonds is 10. The fourth-order valence-electron chi connectivity index (χ4n) is 3.14. The summed E-state index contributed by atoms with van der Waals surface area (Å²) in [5.74, 6) is 0.520. The molecule has 3 N–H and O–H groups in total. The lowest BCUT2D eigenvalue weighted by Crippen LogP contribution is -2.48. The summed E-state index contributed by atoms with van der Waals surface area (Å²) in [6.07, 6.45) is 4.94. The van der Waals surface area contributed by atoms with Crippen molar-refractivity contribution in [2.45, 2.75) is 58.9 Å². The summed E-state index contributed by atoms with van der Waals surface area (Å²) in [4.78, 5) is 20.4. The number of nitrogens with zero attached hydrogens (tertiary/aromatic N) is 3. The van der Waals surface area contributed by atoms with Crippen LogP contribution in [0.3, 0.4) is 0 Å². The largest absolute Gasteiger partial charge is 0.450 e. The topological polar surface area (TPSA) is 83.2 Å². The van der Waals surface area contributed by atoms with Gasteiger partial charge < -0.3 is 25.6 Å². The SMILES string of the molecule is CCCN(CCC)CCCN=C(N)NC1CCN(C(=O)OCC)CC1. The van der Waals surface area contributed by atoms with Gasteiger partial charge in [0.15, 0.2) is 5.96 Å². The van der Waals surface area contributed by atoms with E-state index >= 15 is 0 Å². The number of hydrogen-bond acceptors (Lipinski definition) is 4. The smallest absolute Gasteiger partial charge is 0.409 e. The Morgan fingerprint density at radius 2 is 1.84 bits per heavy atom. The lowest BCUT2D eigenvalue weighted by molar-refractivity contribution is 0.0963. The minimum Gasteiger partial charge on any atom is -0.450 e. The predicted molar refractivity (Wildman–Crippen MR) is 103 cm³/mol. The van der Waals surface area contributed by atoms with Crippen LogP contribution < -0.4 is 11.1 Å². The van der Waals surface area contributed by atoms with Gasteiger partial charge in [0.1, 0.15) is 0 Å². The molecule has 0 unspecified atom stereocenters. The van der Waals surface area contributed by atoms with Gasteiger partial charge in [-0.2, -0.15) is 0 Å². The van der Waals surface area contributed by atoms with Gasteiger partial charge in [0, 0.05) is 25.7 Å². The molecule has 0 bridgehead atoms. The summed E-state index contributed by atoms with van der Waals surface area (Å²) in [5.41, 5.74) is 6.00. The third kappa shape index (κ3) is 8.95. The molecule has 0 saturated carbocycles. The van der Waals surface area contributed by atoms with E-state index in [-0.39, 0.29) is 12.1 Å². The van der Waals surface area contributed by atoms with Crippen LogP contribution in [0.5, 0.6) is 0 Å². The van der Waals surface area contributed by atoms with Gasteiger partial charge >= 0.3 is 6.09 Å². The zero-order chi connectivity index (χ0) is 18.5. The molecule has 0 atom stereocenters. The maximum Gasteiger partial charge on any atom is 0.409 e. The van der Waals surface area contributed by atoms with Gasteiger partial charge in [-0.25, -0.2) is 4.79 Å². The second-order valence-electron chi connectivity index (χ2n) is 6.57. The summed E-state index contributed by atoms with van der Waals surface area (Å²) in [6.45, 7) is 12.2. The number of nitrogens with one attached hydrogen (secondary N) is 1. The molecule has 1 heterocycles. The molecule has 146 valence electrons. The Morgan fingerprint density at radius 3 is 2.40 bits per heavy atom. The molecule has 0 aromatic rings. The van der Waals surface area contributed by atoms with Crippen LogP contribution in [0.25, 0.3) is 0 Å². The normalized spacial score (nSPS) is 16.3. The summed E-state index contributed by atoms with van der Waals surface area (Å²) >= 11 is 0. The fraction of sp³-hybridized carbons (Fsp3) is 0.889. The van der Waals surface area contributed by atoms with Crippen molar-refractivity contribution in [3.8, 4) is 0 Å². The van der Waals surface area contributed by atoms with E-state index in [2.05, 4.69) is 29.1 Å². The molecule has 1 fully saturated rings. The van der Waals surface area contributed by atoms with E-state index < -0.39 is 0 Å². The summed E-state index contributed by atoms with van der Waals surface area (Å²) < 4.78 is 5.03. The van der Waals surface area contributed by atoms with Crippen molar-refractivity contribution in [2.24, 2.45) is 10.7 Å². The van der Waals surface area contributed by atoms with Crippen molar-refractivity contribution >= 4 is 12.1 Å².